The summed E-state index contributed by atoms with van der Waals surface area (Å²) in [5.74, 6) is -0.217. The van der Waals surface area contributed by atoms with Crippen LogP contribution in [0.25, 0.3) is 0 Å². The van der Waals surface area contributed by atoms with Crippen LogP contribution in [0.15, 0.2) is 12.2 Å². The lowest BCUT2D eigenvalue weighted by atomic mass is 9.96. The Kier molecular flexibility index (Phi) is 61.1. The Morgan fingerprint density at radius 1 is 0.319 bits per heavy atom. The van der Waals surface area contributed by atoms with E-state index in [0.29, 0.717) is 13.0 Å². The van der Waals surface area contributed by atoms with Crippen molar-refractivity contribution < 1.29 is 14.3 Å². The van der Waals surface area contributed by atoms with E-state index in [-0.39, 0.29) is 17.8 Å². The summed E-state index contributed by atoms with van der Waals surface area (Å²) in [4.78, 5) is 29.5. The summed E-state index contributed by atoms with van der Waals surface area (Å²) in [5.41, 5.74) is 0. The summed E-state index contributed by atoms with van der Waals surface area (Å²) < 4.78 is 5.88. The van der Waals surface area contributed by atoms with Crippen LogP contribution in [0.2, 0.25) is 0 Å². The number of allylic oxidation sites excluding steroid dienone is 2. The third-order valence-corrected chi connectivity index (χ3v) is 16.0. The molecule has 0 saturated heterocycles. The molecule has 72 heavy (non-hydrogen) atoms. The van der Waals surface area contributed by atoms with Crippen molar-refractivity contribution in [2.24, 2.45) is 5.92 Å². The molecule has 0 aliphatic rings. The van der Waals surface area contributed by atoms with Crippen LogP contribution >= 0.6 is 0 Å². The molecule has 0 fully saturated rings. The van der Waals surface area contributed by atoms with Gasteiger partial charge in [0.2, 0.25) is 5.91 Å². The molecule has 0 radical (unpaired) electrons. The van der Waals surface area contributed by atoms with Crippen LogP contribution in [0, 0.1) is 5.92 Å². The fraction of sp³-hybridized carbons (Fsp3) is 0.941. The van der Waals surface area contributed by atoms with Gasteiger partial charge in [0.1, 0.15) is 0 Å². The number of amides is 1. The number of hydrogen-bond acceptors (Lipinski definition) is 3. The van der Waals surface area contributed by atoms with Crippen molar-refractivity contribution in [3.8, 4) is 0 Å². The van der Waals surface area contributed by atoms with E-state index in [0.717, 1.165) is 58.0 Å². The van der Waals surface area contributed by atoms with E-state index in [2.05, 4.69) is 44.7 Å². The van der Waals surface area contributed by atoms with E-state index in [4.69, 9.17) is 4.74 Å². The van der Waals surface area contributed by atoms with E-state index in [9.17, 15) is 9.59 Å². The fourth-order valence-corrected chi connectivity index (χ4v) is 10.9. The monoisotopic (exact) mass is 1010 g/mol. The smallest absolute Gasteiger partial charge is 0.309 e. The van der Waals surface area contributed by atoms with Crippen molar-refractivity contribution >= 4 is 11.9 Å². The molecule has 0 heterocycles. The second-order valence-corrected chi connectivity index (χ2v) is 23.3. The molecular formula is C68H133NO3. The summed E-state index contributed by atoms with van der Waals surface area (Å²) in [6.07, 6.45) is 78.2. The van der Waals surface area contributed by atoms with Crippen LogP contribution < -0.4 is 0 Å². The molecule has 1 unspecified atom stereocenters. The van der Waals surface area contributed by atoms with Crippen molar-refractivity contribution in [3.63, 3.8) is 0 Å². The second-order valence-electron chi connectivity index (χ2n) is 23.3. The lowest BCUT2D eigenvalue weighted by Crippen LogP contribution is -2.35. The number of nitrogens with zero attached hydrogens (tertiary/aromatic N) is 1. The van der Waals surface area contributed by atoms with Crippen molar-refractivity contribution in [2.45, 2.75) is 387 Å². The molecule has 4 heteroatoms. The molecule has 0 bridgehead atoms. The predicted octanol–water partition coefficient (Wildman–Crippen LogP) is 23.5. The maximum atomic E-state index is 13.9. The Bertz CT molecular complexity index is 1060. The van der Waals surface area contributed by atoms with Gasteiger partial charge in [-0.3, -0.25) is 9.59 Å². The first-order valence-corrected chi connectivity index (χ1v) is 33.7. The number of carbonyl (C=O) groups excluding carboxylic acids is 2. The zero-order chi connectivity index (χ0) is 52.2. The van der Waals surface area contributed by atoms with Crippen molar-refractivity contribution in [2.75, 3.05) is 19.7 Å². The van der Waals surface area contributed by atoms with Gasteiger partial charge < -0.3 is 9.64 Å². The van der Waals surface area contributed by atoms with Crippen molar-refractivity contribution in [1.82, 2.24) is 4.90 Å². The molecule has 1 atom stereocenters. The van der Waals surface area contributed by atoms with Gasteiger partial charge in [-0.25, -0.2) is 0 Å². The van der Waals surface area contributed by atoms with Gasteiger partial charge in [-0.1, -0.05) is 342 Å². The number of hydrogen-bond donors (Lipinski definition) is 0. The maximum Gasteiger partial charge on any atom is 0.309 e. The molecule has 0 aromatic rings. The first-order chi connectivity index (χ1) is 35.6. The molecule has 0 saturated carbocycles. The van der Waals surface area contributed by atoms with Crippen LogP contribution in [0.4, 0.5) is 0 Å². The van der Waals surface area contributed by atoms with E-state index in [1.54, 1.807) is 0 Å². The second kappa shape index (κ2) is 62.2. The molecule has 0 aromatic carbocycles. The standard InChI is InChI=1S/C68H133NO3/c1-5-9-13-17-21-22-23-24-25-26-27-28-29-30-31-32-33-34-35-36-37-38-39-40-41-42-43-44-45-46-47-48-49-50-51-52-53-57-61-66(68(71)72-64-60-56-20-16-12-8-4)65-67(70)69(62-58-54-18-14-10-6-2)63-59-55-19-15-11-7-3/h30-31,66H,5-29,32-65H2,1-4H3/b31-30+. The minimum atomic E-state index is -0.291. The number of unbranched alkanes of at least 4 members (excludes halogenated alkanes) is 49. The summed E-state index contributed by atoms with van der Waals surface area (Å²) >= 11 is 0. The SMILES string of the molecule is CCCCCCCCCCCCCC/C=C/CCCCCCCCCCCCCCCCCCCCCCCCC(CC(=O)N(CCCCCCCC)CCCCCCCC)C(=O)OCCCCCCCC. The Hall–Kier alpha value is -1.32. The maximum absolute atomic E-state index is 13.9. The third kappa shape index (κ3) is 54.9. The van der Waals surface area contributed by atoms with Crippen molar-refractivity contribution in [1.29, 1.82) is 0 Å². The summed E-state index contributed by atoms with van der Waals surface area (Å²) in [6, 6.07) is 0. The topological polar surface area (TPSA) is 46.6 Å². The van der Waals surface area contributed by atoms with E-state index in [1.807, 2.05) is 0 Å². The summed E-state index contributed by atoms with van der Waals surface area (Å²) in [6.45, 7) is 11.3. The highest BCUT2D eigenvalue weighted by Crippen LogP contribution is 2.22. The Morgan fingerprint density at radius 3 is 0.875 bits per heavy atom. The first-order valence-electron chi connectivity index (χ1n) is 33.7. The average Bonchev–Trinajstić information content (AvgIpc) is 3.38. The third-order valence-electron chi connectivity index (χ3n) is 16.0. The van der Waals surface area contributed by atoms with Gasteiger partial charge in [0, 0.05) is 19.5 Å². The molecular weight excluding hydrogens is 879 g/mol. The number of rotatable bonds is 62. The molecule has 1 amide bonds. The lowest BCUT2D eigenvalue weighted by molar-refractivity contribution is -0.152. The highest BCUT2D eigenvalue weighted by Gasteiger charge is 2.26. The van der Waals surface area contributed by atoms with Gasteiger partial charge in [0.05, 0.1) is 12.5 Å². The van der Waals surface area contributed by atoms with Gasteiger partial charge in [-0.15, -0.1) is 0 Å². The van der Waals surface area contributed by atoms with Crippen LogP contribution in [0.3, 0.4) is 0 Å². The molecule has 0 spiro atoms. The quantitative estimate of drug-likeness (QED) is 0.0346. The highest BCUT2D eigenvalue weighted by molar-refractivity contribution is 5.83. The largest absolute Gasteiger partial charge is 0.465 e. The Labute approximate surface area is 454 Å². The Balaban J connectivity index is 4.01. The number of carbonyl (C=O) groups is 2. The normalized spacial score (nSPS) is 12.1. The van der Waals surface area contributed by atoms with E-state index in [1.165, 1.54) is 308 Å². The summed E-state index contributed by atoms with van der Waals surface area (Å²) in [7, 11) is 0. The van der Waals surface area contributed by atoms with Crippen LogP contribution in [-0.2, 0) is 14.3 Å². The van der Waals surface area contributed by atoms with Crippen LogP contribution in [0.5, 0.6) is 0 Å². The van der Waals surface area contributed by atoms with Gasteiger partial charge in [-0.2, -0.15) is 0 Å². The van der Waals surface area contributed by atoms with E-state index < -0.39 is 0 Å². The minimum absolute atomic E-state index is 0.115. The Morgan fingerprint density at radius 2 is 0.569 bits per heavy atom. The number of ether oxygens (including phenoxy) is 1. The number of esters is 1. The zero-order valence-corrected chi connectivity index (χ0v) is 50.1. The molecule has 428 valence electrons. The fourth-order valence-electron chi connectivity index (χ4n) is 10.9. The van der Waals surface area contributed by atoms with Crippen LogP contribution in [-0.4, -0.2) is 36.5 Å². The lowest BCUT2D eigenvalue weighted by Gasteiger charge is -2.25. The van der Waals surface area contributed by atoms with Crippen molar-refractivity contribution in [3.05, 3.63) is 12.2 Å². The summed E-state index contributed by atoms with van der Waals surface area (Å²) in [5, 5.41) is 0. The molecule has 4 nitrogen and oxygen atoms in total. The molecule has 0 aromatic heterocycles. The molecule has 0 rings (SSSR count). The minimum Gasteiger partial charge on any atom is -0.465 e. The molecule has 0 aliphatic carbocycles. The predicted molar refractivity (Wildman–Crippen MR) is 321 cm³/mol. The van der Waals surface area contributed by atoms with Gasteiger partial charge in [-0.05, 0) is 51.4 Å². The van der Waals surface area contributed by atoms with Crippen LogP contribution in [0.1, 0.15) is 387 Å². The van der Waals surface area contributed by atoms with E-state index >= 15 is 0 Å². The average molecular weight is 1010 g/mol. The first kappa shape index (κ1) is 70.7. The highest BCUT2D eigenvalue weighted by atomic mass is 16.5. The van der Waals surface area contributed by atoms with Gasteiger partial charge in [0.25, 0.3) is 0 Å². The molecule has 0 N–H and O–H groups in total. The van der Waals surface area contributed by atoms with Gasteiger partial charge >= 0.3 is 5.97 Å². The zero-order valence-electron chi connectivity index (χ0n) is 50.1. The molecule has 0 aliphatic heterocycles. The van der Waals surface area contributed by atoms with Gasteiger partial charge in [0.15, 0.2) is 0 Å².